The van der Waals surface area contributed by atoms with Crippen LogP contribution >= 0.6 is 0 Å². The Bertz CT molecular complexity index is 230. The summed E-state index contributed by atoms with van der Waals surface area (Å²) in [7, 11) is 0. The molecule has 0 aromatic carbocycles. The summed E-state index contributed by atoms with van der Waals surface area (Å²) in [6.07, 6.45) is 0.387. The molecule has 4 nitrogen and oxygen atoms in total. The quantitative estimate of drug-likeness (QED) is 0.570. The Hall–Kier alpha value is -0.900. The number of hydrogen-bond acceptors (Lipinski definition) is 3. The van der Waals surface area contributed by atoms with Crippen LogP contribution in [0.2, 0.25) is 0 Å². The van der Waals surface area contributed by atoms with Gasteiger partial charge in [0.05, 0.1) is 18.6 Å². The Kier molecular flexibility index (Phi) is 2.71. The summed E-state index contributed by atoms with van der Waals surface area (Å²) in [5.74, 6) is -0.232. The van der Waals surface area contributed by atoms with E-state index < -0.39 is 0 Å². The van der Waals surface area contributed by atoms with Crippen molar-refractivity contribution in [3.05, 3.63) is 0 Å². The van der Waals surface area contributed by atoms with E-state index in [1.165, 1.54) is 5.06 Å². The molecule has 1 amide bonds. The van der Waals surface area contributed by atoms with Crippen molar-refractivity contribution < 1.29 is 14.4 Å². The number of rotatable bonds is 1. The molecule has 0 radical (unpaired) electrons. The molecule has 1 aliphatic rings. The van der Waals surface area contributed by atoms with Gasteiger partial charge in [0, 0.05) is 6.42 Å². The molecule has 1 rings (SSSR count). The third-order valence-corrected chi connectivity index (χ3v) is 1.60. The fraction of sp³-hybridized carbons (Fsp3) is 0.778. The zero-order valence-electron chi connectivity index (χ0n) is 8.29. The summed E-state index contributed by atoms with van der Waals surface area (Å²) in [5, 5.41) is 1.29. The summed E-state index contributed by atoms with van der Waals surface area (Å²) in [5.41, 5.74) is -0.379. The molecule has 0 aromatic rings. The van der Waals surface area contributed by atoms with E-state index in [2.05, 4.69) is 0 Å². The van der Waals surface area contributed by atoms with Crippen molar-refractivity contribution in [3.8, 4) is 0 Å². The van der Waals surface area contributed by atoms with E-state index in [1.54, 1.807) is 0 Å². The first kappa shape index (κ1) is 10.2. The zero-order chi connectivity index (χ0) is 10.1. The fourth-order valence-corrected chi connectivity index (χ4v) is 1.12. The summed E-state index contributed by atoms with van der Waals surface area (Å²) < 4.78 is 0. The maximum atomic E-state index is 11.3. The Morgan fingerprint density at radius 3 is 2.38 bits per heavy atom. The minimum Gasteiger partial charge on any atom is -0.299 e. The van der Waals surface area contributed by atoms with Crippen molar-refractivity contribution in [2.75, 3.05) is 6.54 Å². The van der Waals surface area contributed by atoms with Crippen LogP contribution in [0, 0.1) is 0 Å². The largest absolute Gasteiger partial charge is 0.299 e. The smallest absolute Gasteiger partial charge is 0.253 e. The number of Topliss-reactive ketones (excluding diaryl/α,β-unsaturated/α-hetero) is 1. The first-order chi connectivity index (χ1) is 5.88. The number of hydrogen-bond donors (Lipinski definition) is 0. The summed E-state index contributed by atoms with van der Waals surface area (Å²) in [6, 6.07) is 0. The molecule has 0 bridgehead atoms. The first-order valence-corrected chi connectivity index (χ1v) is 4.40. The molecule has 0 atom stereocenters. The molecule has 1 fully saturated rings. The van der Waals surface area contributed by atoms with Gasteiger partial charge in [-0.15, -0.1) is 0 Å². The van der Waals surface area contributed by atoms with Crippen LogP contribution in [0.15, 0.2) is 0 Å². The van der Waals surface area contributed by atoms with Crippen LogP contribution in [0.5, 0.6) is 0 Å². The molecular weight excluding hydrogens is 170 g/mol. The van der Waals surface area contributed by atoms with Crippen LogP contribution in [0.25, 0.3) is 0 Å². The van der Waals surface area contributed by atoms with Crippen LogP contribution in [0.3, 0.4) is 0 Å². The fourth-order valence-electron chi connectivity index (χ4n) is 1.12. The lowest BCUT2D eigenvalue weighted by molar-refractivity contribution is -0.230. The second-order valence-electron chi connectivity index (χ2n) is 4.16. The van der Waals surface area contributed by atoms with Gasteiger partial charge in [-0.25, -0.2) is 5.06 Å². The van der Waals surface area contributed by atoms with Crippen molar-refractivity contribution in [1.29, 1.82) is 0 Å². The normalized spacial score (nSPS) is 19.5. The lowest BCUT2D eigenvalue weighted by Crippen LogP contribution is -2.43. The van der Waals surface area contributed by atoms with Gasteiger partial charge in [0.2, 0.25) is 0 Å². The Morgan fingerprint density at radius 1 is 1.31 bits per heavy atom. The van der Waals surface area contributed by atoms with Crippen molar-refractivity contribution >= 4 is 11.7 Å². The molecular formula is C9H15NO3. The third-order valence-electron chi connectivity index (χ3n) is 1.60. The van der Waals surface area contributed by atoms with Crippen LogP contribution in [0.1, 0.15) is 33.6 Å². The van der Waals surface area contributed by atoms with Crippen molar-refractivity contribution in [1.82, 2.24) is 5.06 Å². The van der Waals surface area contributed by atoms with Crippen LogP contribution in [0.4, 0.5) is 0 Å². The number of amides is 1. The zero-order valence-corrected chi connectivity index (χ0v) is 8.29. The van der Waals surface area contributed by atoms with Crippen LogP contribution in [-0.2, 0) is 14.4 Å². The van der Waals surface area contributed by atoms with Crippen molar-refractivity contribution in [2.24, 2.45) is 0 Å². The molecule has 4 heteroatoms. The topological polar surface area (TPSA) is 46.6 Å². The van der Waals surface area contributed by atoms with E-state index >= 15 is 0 Å². The number of nitrogens with zero attached hydrogens (tertiary/aromatic N) is 1. The maximum Gasteiger partial charge on any atom is 0.253 e. The Balaban J connectivity index is 2.52. The first-order valence-electron chi connectivity index (χ1n) is 4.40. The highest BCUT2D eigenvalue weighted by Crippen LogP contribution is 2.15. The molecule has 0 aliphatic carbocycles. The van der Waals surface area contributed by atoms with E-state index in [0.29, 0.717) is 13.0 Å². The molecule has 1 aliphatic heterocycles. The Morgan fingerprint density at radius 2 is 1.92 bits per heavy atom. The summed E-state index contributed by atoms with van der Waals surface area (Å²) >= 11 is 0. The van der Waals surface area contributed by atoms with E-state index in [4.69, 9.17) is 4.84 Å². The molecule has 13 heavy (non-hydrogen) atoms. The van der Waals surface area contributed by atoms with Gasteiger partial charge in [0.1, 0.15) is 5.78 Å². The van der Waals surface area contributed by atoms with Gasteiger partial charge in [0.15, 0.2) is 0 Å². The highest BCUT2D eigenvalue weighted by atomic mass is 16.7. The van der Waals surface area contributed by atoms with Gasteiger partial charge in [0.25, 0.3) is 5.91 Å². The lowest BCUT2D eigenvalue weighted by atomic mass is 10.1. The number of ketones is 1. The van der Waals surface area contributed by atoms with Gasteiger partial charge >= 0.3 is 0 Å². The molecule has 0 aromatic heterocycles. The minimum atomic E-state index is -0.379. The van der Waals surface area contributed by atoms with Crippen LogP contribution in [-0.4, -0.2) is 28.9 Å². The lowest BCUT2D eigenvalue weighted by Gasteiger charge is -2.31. The van der Waals surface area contributed by atoms with Gasteiger partial charge in [-0.1, -0.05) is 0 Å². The molecule has 0 unspecified atom stereocenters. The summed E-state index contributed by atoms with van der Waals surface area (Å²) in [6.45, 7) is 6.00. The molecule has 74 valence electrons. The van der Waals surface area contributed by atoms with Crippen molar-refractivity contribution in [3.63, 3.8) is 0 Å². The van der Waals surface area contributed by atoms with Gasteiger partial charge in [-0.2, -0.15) is 0 Å². The van der Waals surface area contributed by atoms with Gasteiger partial charge in [-0.3, -0.25) is 14.4 Å². The minimum absolute atomic E-state index is 0.00115. The predicted octanol–water partition coefficient (Wildman–Crippen LogP) is 0.908. The SMILES string of the molecule is CC(C)(C)ON1CCC(=O)CC1=O. The van der Waals surface area contributed by atoms with Gasteiger partial charge < -0.3 is 0 Å². The standard InChI is InChI=1S/C9H15NO3/c1-9(2,3)13-10-5-4-7(11)6-8(10)12/h4-6H2,1-3H3. The van der Waals surface area contributed by atoms with E-state index in [1.807, 2.05) is 20.8 Å². The van der Waals surface area contributed by atoms with Gasteiger partial charge in [-0.05, 0) is 20.8 Å². The predicted molar refractivity (Wildman–Crippen MR) is 46.8 cm³/mol. The average molecular weight is 185 g/mol. The monoisotopic (exact) mass is 185 g/mol. The van der Waals surface area contributed by atoms with Crippen LogP contribution < -0.4 is 0 Å². The van der Waals surface area contributed by atoms with Crippen molar-refractivity contribution in [2.45, 2.75) is 39.2 Å². The molecule has 0 saturated carbocycles. The Labute approximate surface area is 77.8 Å². The second kappa shape index (κ2) is 3.46. The number of hydroxylamine groups is 2. The highest BCUT2D eigenvalue weighted by molar-refractivity contribution is 5.99. The average Bonchev–Trinajstić information content (AvgIpc) is 1.93. The second-order valence-corrected chi connectivity index (χ2v) is 4.16. The third kappa shape index (κ3) is 3.14. The maximum absolute atomic E-state index is 11.3. The van der Waals surface area contributed by atoms with E-state index in [-0.39, 0.29) is 23.7 Å². The highest BCUT2D eigenvalue weighted by Gasteiger charge is 2.27. The molecule has 1 heterocycles. The summed E-state index contributed by atoms with van der Waals surface area (Å²) in [4.78, 5) is 27.5. The number of piperidine rings is 1. The van der Waals surface area contributed by atoms with E-state index in [0.717, 1.165) is 0 Å². The number of carbonyl (C=O) groups is 2. The molecule has 0 N–H and O–H groups in total. The van der Waals surface area contributed by atoms with E-state index in [9.17, 15) is 9.59 Å². The molecule has 0 spiro atoms. The molecule has 1 saturated heterocycles. The number of carbonyl (C=O) groups excluding carboxylic acids is 2.